The number of halogens is 1. The molecular weight excluding hydrogens is 276 g/mol. The maximum atomic E-state index is 11.0. The molecule has 0 fully saturated rings. The van der Waals surface area contributed by atoms with Crippen molar-refractivity contribution in [2.45, 2.75) is 13.8 Å². The molecule has 0 saturated carbocycles. The molecule has 2 aromatic rings. The van der Waals surface area contributed by atoms with Gasteiger partial charge in [-0.2, -0.15) is 0 Å². The normalized spacial score (nSPS) is 10.4. The van der Waals surface area contributed by atoms with Crippen molar-refractivity contribution in [1.29, 1.82) is 0 Å². The van der Waals surface area contributed by atoms with Crippen LogP contribution >= 0.6 is 11.6 Å². The zero-order chi connectivity index (χ0) is 14.9. The monoisotopic (exact) mass is 290 g/mol. The lowest BCUT2D eigenvalue weighted by molar-refractivity contribution is 0.0697. The van der Waals surface area contributed by atoms with Gasteiger partial charge in [-0.05, 0) is 43.2 Å². The van der Waals surface area contributed by atoms with Gasteiger partial charge >= 0.3 is 5.97 Å². The van der Waals surface area contributed by atoms with E-state index < -0.39 is 5.97 Å². The van der Waals surface area contributed by atoms with E-state index >= 15 is 0 Å². The summed E-state index contributed by atoms with van der Waals surface area (Å²) in [5.74, 6) is -0.265. The number of aromatic carboxylic acids is 1. The van der Waals surface area contributed by atoms with Crippen LogP contribution in [0.3, 0.4) is 0 Å². The van der Waals surface area contributed by atoms with Gasteiger partial charge in [0.1, 0.15) is 5.75 Å². The number of aryl methyl sites for hydroxylation is 2. The van der Waals surface area contributed by atoms with Crippen molar-refractivity contribution in [3.05, 3.63) is 52.0 Å². The van der Waals surface area contributed by atoms with Crippen LogP contribution in [0.15, 0.2) is 30.3 Å². The predicted octanol–water partition coefficient (Wildman–Crippen LogP) is 4.33. The molecule has 0 amide bonds. The molecule has 0 atom stereocenters. The van der Waals surface area contributed by atoms with E-state index in [0.717, 1.165) is 28.0 Å². The average molecular weight is 291 g/mol. The van der Waals surface area contributed by atoms with Gasteiger partial charge in [0, 0.05) is 16.1 Å². The van der Waals surface area contributed by atoms with E-state index in [1.807, 2.05) is 26.0 Å². The molecule has 104 valence electrons. The SMILES string of the molecule is COc1cc(C)cc(C)c1-c1ccc(C(=O)O)cc1Cl. The Labute approximate surface area is 122 Å². The van der Waals surface area contributed by atoms with Gasteiger partial charge in [0.25, 0.3) is 0 Å². The second-order valence-corrected chi connectivity index (χ2v) is 5.07. The summed E-state index contributed by atoms with van der Waals surface area (Å²) in [5, 5.41) is 9.38. The molecule has 0 aliphatic heterocycles. The molecule has 0 heterocycles. The highest BCUT2D eigenvalue weighted by atomic mass is 35.5. The third-order valence-electron chi connectivity index (χ3n) is 3.15. The second kappa shape index (κ2) is 5.55. The Morgan fingerprint density at radius 1 is 1.20 bits per heavy atom. The molecule has 0 aliphatic carbocycles. The quantitative estimate of drug-likeness (QED) is 0.915. The van der Waals surface area contributed by atoms with Crippen LogP contribution in [0.25, 0.3) is 11.1 Å². The minimum absolute atomic E-state index is 0.169. The van der Waals surface area contributed by atoms with Gasteiger partial charge in [0.2, 0.25) is 0 Å². The van der Waals surface area contributed by atoms with Crippen molar-refractivity contribution in [3.8, 4) is 16.9 Å². The van der Waals surface area contributed by atoms with Gasteiger partial charge < -0.3 is 9.84 Å². The zero-order valence-electron chi connectivity index (χ0n) is 11.5. The summed E-state index contributed by atoms with van der Waals surface area (Å²) in [6.45, 7) is 3.97. The van der Waals surface area contributed by atoms with Gasteiger partial charge in [-0.3, -0.25) is 0 Å². The number of hydrogen-bond donors (Lipinski definition) is 1. The molecule has 0 radical (unpaired) electrons. The smallest absolute Gasteiger partial charge is 0.335 e. The molecule has 0 saturated heterocycles. The first-order chi connectivity index (χ1) is 9.43. The van der Waals surface area contributed by atoms with E-state index in [-0.39, 0.29) is 5.56 Å². The van der Waals surface area contributed by atoms with E-state index in [2.05, 4.69) is 0 Å². The fraction of sp³-hybridized carbons (Fsp3) is 0.188. The summed E-state index contributed by atoms with van der Waals surface area (Å²) in [5.41, 5.74) is 3.96. The van der Waals surface area contributed by atoms with E-state index in [1.165, 1.54) is 6.07 Å². The Kier molecular flexibility index (Phi) is 4.00. The van der Waals surface area contributed by atoms with E-state index in [4.69, 9.17) is 21.4 Å². The van der Waals surface area contributed by atoms with Crippen LogP contribution < -0.4 is 4.74 Å². The van der Waals surface area contributed by atoms with Crippen LogP contribution in [-0.4, -0.2) is 18.2 Å². The fourth-order valence-electron chi connectivity index (χ4n) is 2.29. The molecular formula is C16H15ClO3. The lowest BCUT2D eigenvalue weighted by Gasteiger charge is -2.14. The van der Waals surface area contributed by atoms with Gasteiger partial charge in [-0.15, -0.1) is 0 Å². The minimum atomic E-state index is -0.994. The Morgan fingerprint density at radius 2 is 1.90 bits per heavy atom. The van der Waals surface area contributed by atoms with E-state index in [0.29, 0.717) is 5.02 Å². The van der Waals surface area contributed by atoms with Crippen molar-refractivity contribution in [2.24, 2.45) is 0 Å². The molecule has 4 heteroatoms. The first-order valence-electron chi connectivity index (χ1n) is 6.12. The third kappa shape index (κ3) is 2.63. The number of methoxy groups -OCH3 is 1. The summed E-state index contributed by atoms with van der Waals surface area (Å²) in [4.78, 5) is 11.0. The van der Waals surface area contributed by atoms with Crippen molar-refractivity contribution in [1.82, 2.24) is 0 Å². The van der Waals surface area contributed by atoms with E-state index in [1.54, 1.807) is 19.2 Å². The number of carboxylic acid groups (broad SMARTS) is 1. The number of benzene rings is 2. The number of carboxylic acids is 1. The van der Waals surface area contributed by atoms with Crippen molar-refractivity contribution < 1.29 is 14.6 Å². The number of carbonyl (C=O) groups is 1. The lowest BCUT2D eigenvalue weighted by atomic mass is 9.96. The van der Waals surface area contributed by atoms with Crippen molar-refractivity contribution >= 4 is 17.6 Å². The van der Waals surface area contributed by atoms with Crippen LogP contribution in [0.1, 0.15) is 21.5 Å². The molecule has 3 nitrogen and oxygen atoms in total. The molecule has 0 spiro atoms. The van der Waals surface area contributed by atoms with Crippen molar-refractivity contribution in [2.75, 3.05) is 7.11 Å². The number of hydrogen-bond acceptors (Lipinski definition) is 2. The molecule has 0 aliphatic rings. The fourth-order valence-corrected chi connectivity index (χ4v) is 2.56. The molecule has 20 heavy (non-hydrogen) atoms. The van der Waals surface area contributed by atoms with Gasteiger partial charge in [-0.1, -0.05) is 23.7 Å². The van der Waals surface area contributed by atoms with Crippen LogP contribution in [0, 0.1) is 13.8 Å². The second-order valence-electron chi connectivity index (χ2n) is 4.66. The molecule has 0 unspecified atom stereocenters. The molecule has 0 aromatic heterocycles. The summed E-state index contributed by atoms with van der Waals surface area (Å²) in [7, 11) is 1.61. The topological polar surface area (TPSA) is 46.5 Å². The summed E-state index contributed by atoms with van der Waals surface area (Å²) >= 11 is 6.23. The maximum absolute atomic E-state index is 11.0. The highest BCUT2D eigenvalue weighted by molar-refractivity contribution is 6.33. The van der Waals surface area contributed by atoms with Crippen molar-refractivity contribution in [3.63, 3.8) is 0 Å². The highest BCUT2D eigenvalue weighted by Crippen LogP contribution is 2.38. The van der Waals surface area contributed by atoms with Crippen LogP contribution in [0.2, 0.25) is 5.02 Å². The molecule has 2 aromatic carbocycles. The highest BCUT2D eigenvalue weighted by Gasteiger charge is 2.15. The largest absolute Gasteiger partial charge is 0.496 e. The Morgan fingerprint density at radius 3 is 2.45 bits per heavy atom. The molecule has 1 N–H and O–H groups in total. The average Bonchev–Trinajstić information content (AvgIpc) is 2.38. The predicted molar refractivity (Wildman–Crippen MR) is 79.9 cm³/mol. The summed E-state index contributed by atoms with van der Waals surface area (Å²) < 4.78 is 5.42. The third-order valence-corrected chi connectivity index (χ3v) is 3.46. The Bertz CT molecular complexity index is 678. The van der Waals surface area contributed by atoms with Crippen LogP contribution in [0.4, 0.5) is 0 Å². The molecule has 0 bridgehead atoms. The first kappa shape index (κ1) is 14.4. The summed E-state index contributed by atoms with van der Waals surface area (Å²) in [6.07, 6.45) is 0. The molecule has 2 rings (SSSR count). The minimum Gasteiger partial charge on any atom is -0.496 e. The first-order valence-corrected chi connectivity index (χ1v) is 6.50. The van der Waals surface area contributed by atoms with Crippen LogP contribution in [0.5, 0.6) is 5.75 Å². The van der Waals surface area contributed by atoms with E-state index in [9.17, 15) is 4.79 Å². The lowest BCUT2D eigenvalue weighted by Crippen LogP contribution is -1.97. The standard InChI is InChI=1S/C16H15ClO3/c1-9-6-10(2)15(14(7-9)20-3)12-5-4-11(16(18)19)8-13(12)17/h4-8H,1-3H3,(H,18,19). The van der Waals surface area contributed by atoms with Gasteiger partial charge in [0.05, 0.1) is 12.7 Å². The summed E-state index contributed by atoms with van der Waals surface area (Å²) in [6, 6.07) is 8.69. The Hall–Kier alpha value is -2.00. The maximum Gasteiger partial charge on any atom is 0.335 e. The zero-order valence-corrected chi connectivity index (χ0v) is 12.3. The number of ether oxygens (including phenoxy) is 1. The van der Waals surface area contributed by atoms with Gasteiger partial charge in [-0.25, -0.2) is 4.79 Å². The number of rotatable bonds is 3. The van der Waals surface area contributed by atoms with Crippen LogP contribution in [-0.2, 0) is 0 Å². The Balaban J connectivity index is 2.65. The van der Waals surface area contributed by atoms with Gasteiger partial charge in [0.15, 0.2) is 0 Å².